The molecular formula is C10H16N6O3. The molecule has 3 amide bonds. The van der Waals surface area contributed by atoms with Gasteiger partial charge in [-0.1, -0.05) is 0 Å². The van der Waals surface area contributed by atoms with E-state index in [0.717, 1.165) is 4.90 Å². The first-order valence-electron chi connectivity index (χ1n) is 5.54. The second-order valence-corrected chi connectivity index (χ2v) is 3.88. The molecule has 0 aromatic carbocycles. The zero-order valence-corrected chi connectivity index (χ0v) is 10.5. The molecule has 0 saturated carbocycles. The number of hydrogen-bond donors (Lipinski definition) is 3. The summed E-state index contributed by atoms with van der Waals surface area (Å²) in [4.78, 5) is 34.8. The predicted molar refractivity (Wildman–Crippen MR) is 66.6 cm³/mol. The molecule has 1 aromatic rings. The maximum absolute atomic E-state index is 12.1. The molecule has 9 heteroatoms. The van der Waals surface area contributed by atoms with Gasteiger partial charge in [0.25, 0.3) is 5.91 Å². The van der Waals surface area contributed by atoms with Gasteiger partial charge in [-0.25, -0.2) is 0 Å². The lowest BCUT2D eigenvalue weighted by Crippen LogP contribution is -2.43. The van der Waals surface area contributed by atoms with E-state index >= 15 is 0 Å². The third-order valence-electron chi connectivity index (χ3n) is 2.30. The Balaban J connectivity index is 3.00. The van der Waals surface area contributed by atoms with Gasteiger partial charge in [-0.15, -0.1) is 0 Å². The second kappa shape index (κ2) is 5.85. The van der Waals surface area contributed by atoms with Gasteiger partial charge in [0.2, 0.25) is 11.8 Å². The maximum atomic E-state index is 12.1. The highest BCUT2D eigenvalue weighted by Crippen LogP contribution is 2.12. The van der Waals surface area contributed by atoms with Crippen LogP contribution in [0.2, 0.25) is 0 Å². The van der Waals surface area contributed by atoms with E-state index in [0.29, 0.717) is 6.54 Å². The van der Waals surface area contributed by atoms with Gasteiger partial charge in [0.05, 0.1) is 5.69 Å². The fraction of sp³-hybridized carbons (Fsp3) is 0.400. The van der Waals surface area contributed by atoms with E-state index in [9.17, 15) is 14.4 Å². The number of rotatable bonds is 6. The summed E-state index contributed by atoms with van der Waals surface area (Å²) in [6.07, 6.45) is 1.49. The summed E-state index contributed by atoms with van der Waals surface area (Å²) in [5.41, 5.74) is 15.8. The summed E-state index contributed by atoms with van der Waals surface area (Å²) < 4.78 is 1.47. The van der Waals surface area contributed by atoms with Crippen molar-refractivity contribution in [2.24, 2.45) is 11.5 Å². The number of nitrogens with two attached hydrogens (primary N) is 3. The topological polar surface area (TPSA) is 150 Å². The van der Waals surface area contributed by atoms with Crippen molar-refractivity contribution in [3.63, 3.8) is 0 Å². The maximum Gasteiger partial charge on any atom is 0.277 e. The Morgan fingerprint density at radius 3 is 2.16 bits per heavy atom. The van der Waals surface area contributed by atoms with Crippen molar-refractivity contribution in [1.82, 2.24) is 14.7 Å². The first-order chi connectivity index (χ1) is 8.85. The molecule has 0 atom stereocenters. The van der Waals surface area contributed by atoms with E-state index in [4.69, 9.17) is 17.2 Å². The molecular weight excluding hydrogens is 252 g/mol. The van der Waals surface area contributed by atoms with Crippen molar-refractivity contribution in [3.8, 4) is 0 Å². The molecule has 0 aliphatic heterocycles. The largest absolute Gasteiger partial charge is 0.396 e. The summed E-state index contributed by atoms with van der Waals surface area (Å²) in [7, 11) is 0. The van der Waals surface area contributed by atoms with Gasteiger partial charge in [0, 0.05) is 12.7 Å². The van der Waals surface area contributed by atoms with Crippen molar-refractivity contribution >= 4 is 23.4 Å². The number of amides is 3. The average Bonchev–Trinajstić information content (AvgIpc) is 2.67. The van der Waals surface area contributed by atoms with E-state index in [-0.39, 0.29) is 11.4 Å². The van der Waals surface area contributed by atoms with Crippen molar-refractivity contribution in [2.45, 2.75) is 13.5 Å². The Morgan fingerprint density at radius 2 is 1.79 bits per heavy atom. The molecule has 0 fully saturated rings. The number of anilines is 1. The molecule has 1 rings (SSSR count). The minimum atomic E-state index is -0.761. The van der Waals surface area contributed by atoms with E-state index < -0.39 is 30.8 Å². The number of carbonyl (C=O) groups excluding carboxylic acids is 3. The number of carbonyl (C=O) groups is 3. The van der Waals surface area contributed by atoms with Crippen LogP contribution in [0.15, 0.2) is 6.20 Å². The van der Waals surface area contributed by atoms with Crippen molar-refractivity contribution < 1.29 is 14.4 Å². The van der Waals surface area contributed by atoms with Crippen LogP contribution in [-0.2, 0) is 16.1 Å². The smallest absolute Gasteiger partial charge is 0.277 e. The normalized spacial score (nSPS) is 10.2. The highest BCUT2D eigenvalue weighted by molar-refractivity contribution is 6.00. The van der Waals surface area contributed by atoms with Crippen LogP contribution in [-0.4, -0.2) is 45.5 Å². The molecule has 9 nitrogen and oxygen atoms in total. The number of aromatic nitrogens is 2. The number of primary amides is 2. The van der Waals surface area contributed by atoms with Crippen LogP contribution in [0.5, 0.6) is 0 Å². The molecule has 0 unspecified atom stereocenters. The Hall–Kier alpha value is -2.58. The van der Waals surface area contributed by atoms with Gasteiger partial charge >= 0.3 is 0 Å². The molecule has 0 radical (unpaired) electrons. The van der Waals surface area contributed by atoms with Gasteiger partial charge < -0.3 is 22.1 Å². The standard InChI is InChI=1S/C10H16N6O3/c1-2-16-3-6(11)9(14-16)10(19)15(4-7(12)17)5-8(13)18/h3H,2,4-5,11H2,1H3,(H2,12,17)(H2,13,18). The molecule has 6 N–H and O–H groups in total. The summed E-state index contributed by atoms with van der Waals surface area (Å²) in [5.74, 6) is -2.19. The van der Waals surface area contributed by atoms with Crippen LogP contribution < -0.4 is 17.2 Å². The molecule has 0 saturated heterocycles. The van der Waals surface area contributed by atoms with Crippen LogP contribution in [0.3, 0.4) is 0 Å². The number of hydrogen-bond acceptors (Lipinski definition) is 5. The van der Waals surface area contributed by atoms with Crippen LogP contribution in [0.25, 0.3) is 0 Å². The first kappa shape index (κ1) is 14.5. The molecule has 0 bridgehead atoms. The monoisotopic (exact) mass is 268 g/mol. The number of nitrogen functional groups attached to an aromatic ring is 1. The van der Waals surface area contributed by atoms with Gasteiger partial charge in [0.1, 0.15) is 13.1 Å². The molecule has 0 spiro atoms. The zero-order valence-electron chi connectivity index (χ0n) is 10.5. The Labute approximate surface area is 109 Å². The molecule has 104 valence electrons. The first-order valence-corrected chi connectivity index (χ1v) is 5.54. The SMILES string of the molecule is CCn1cc(N)c(C(=O)N(CC(N)=O)CC(N)=O)n1. The van der Waals surface area contributed by atoms with Crippen LogP contribution in [0.4, 0.5) is 5.69 Å². The Morgan fingerprint density at radius 1 is 1.26 bits per heavy atom. The van der Waals surface area contributed by atoms with E-state index in [1.54, 1.807) is 0 Å². The van der Waals surface area contributed by atoms with Crippen molar-refractivity contribution in [2.75, 3.05) is 18.8 Å². The minimum Gasteiger partial charge on any atom is -0.396 e. The molecule has 0 aliphatic carbocycles. The zero-order chi connectivity index (χ0) is 14.6. The average molecular weight is 268 g/mol. The van der Waals surface area contributed by atoms with E-state index in [1.807, 2.05) is 6.92 Å². The molecule has 1 heterocycles. The third kappa shape index (κ3) is 3.69. The fourth-order valence-electron chi connectivity index (χ4n) is 1.49. The second-order valence-electron chi connectivity index (χ2n) is 3.88. The molecule has 1 aromatic heterocycles. The van der Waals surface area contributed by atoms with Crippen LogP contribution in [0, 0.1) is 0 Å². The molecule has 19 heavy (non-hydrogen) atoms. The van der Waals surface area contributed by atoms with Gasteiger partial charge in [-0.2, -0.15) is 5.10 Å². The highest BCUT2D eigenvalue weighted by Gasteiger charge is 2.24. The lowest BCUT2D eigenvalue weighted by molar-refractivity contribution is -0.121. The number of aryl methyl sites for hydroxylation is 1. The fourth-order valence-corrected chi connectivity index (χ4v) is 1.49. The van der Waals surface area contributed by atoms with Crippen molar-refractivity contribution in [1.29, 1.82) is 0 Å². The summed E-state index contributed by atoms with van der Waals surface area (Å²) in [6, 6.07) is 0. The van der Waals surface area contributed by atoms with Crippen molar-refractivity contribution in [3.05, 3.63) is 11.9 Å². The summed E-state index contributed by atoms with van der Waals surface area (Å²) in [6.45, 7) is 1.49. The lowest BCUT2D eigenvalue weighted by atomic mass is 10.3. The van der Waals surface area contributed by atoms with Gasteiger partial charge in [-0.3, -0.25) is 19.1 Å². The predicted octanol–water partition coefficient (Wildman–Crippen LogP) is -2.10. The van der Waals surface area contributed by atoms with Crippen LogP contribution >= 0.6 is 0 Å². The third-order valence-corrected chi connectivity index (χ3v) is 2.30. The Bertz CT molecular complexity index is 493. The summed E-state index contributed by atoms with van der Waals surface area (Å²) in [5, 5.41) is 3.96. The number of nitrogens with zero attached hydrogens (tertiary/aromatic N) is 3. The van der Waals surface area contributed by atoms with Crippen LogP contribution in [0.1, 0.15) is 17.4 Å². The minimum absolute atomic E-state index is 0.0376. The van der Waals surface area contributed by atoms with Gasteiger partial charge in [0.15, 0.2) is 5.69 Å². The molecule has 0 aliphatic rings. The quantitative estimate of drug-likeness (QED) is 0.539. The lowest BCUT2D eigenvalue weighted by Gasteiger charge is -2.18. The Kier molecular flexibility index (Phi) is 4.46. The van der Waals surface area contributed by atoms with E-state index in [2.05, 4.69) is 5.10 Å². The highest BCUT2D eigenvalue weighted by atomic mass is 16.2. The van der Waals surface area contributed by atoms with Gasteiger partial charge in [-0.05, 0) is 6.92 Å². The summed E-state index contributed by atoms with van der Waals surface area (Å²) >= 11 is 0. The van der Waals surface area contributed by atoms with E-state index in [1.165, 1.54) is 10.9 Å².